The minimum Gasteiger partial charge on any atom is -0.378 e. The van der Waals surface area contributed by atoms with Gasteiger partial charge in [0, 0.05) is 23.2 Å². The summed E-state index contributed by atoms with van der Waals surface area (Å²) < 4.78 is 6.43. The lowest BCUT2D eigenvalue weighted by molar-refractivity contribution is 0.122. The van der Waals surface area contributed by atoms with Gasteiger partial charge < -0.3 is 9.64 Å². The van der Waals surface area contributed by atoms with Gasteiger partial charge in [-0.25, -0.2) is 0 Å². The Hall–Kier alpha value is -0.250. The van der Waals surface area contributed by atoms with Crippen LogP contribution in [0.25, 0.3) is 0 Å². The van der Waals surface area contributed by atoms with Crippen molar-refractivity contribution in [3.8, 4) is 0 Å². The molecular formula is C10H13BrClNO. The molecule has 0 saturated carbocycles. The second kappa shape index (κ2) is 5.59. The zero-order valence-corrected chi connectivity index (χ0v) is 10.2. The fourth-order valence-electron chi connectivity index (χ4n) is 1.49. The van der Waals surface area contributed by atoms with Gasteiger partial charge in [0.2, 0.25) is 0 Å². The molecule has 0 radical (unpaired) electrons. The second-order valence-corrected chi connectivity index (χ2v) is 3.99. The van der Waals surface area contributed by atoms with Gasteiger partial charge >= 0.3 is 0 Å². The van der Waals surface area contributed by atoms with E-state index in [4.69, 9.17) is 4.74 Å². The van der Waals surface area contributed by atoms with Crippen molar-refractivity contribution in [2.24, 2.45) is 0 Å². The number of rotatable bonds is 1. The van der Waals surface area contributed by atoms with Crippen molar-refractivity contribution in [1.82, 2.24) is 0 Å². The maximum atomic E-state index is 5.30. The van der Waals surface area contributed by atoms with Gasteiger partial charge in [0.05, 0.1) is 13.2 Å². The molecule has 1 aromatic rings. The first-order chi connectivity index (χ1) is 6.36. The normalized spacial score (nSPS) is 16.2. The molecule has 0 atom stereocenters. The number of morpholine rings is 1. The third-order valence-corrected chi connectivity index (χ3v) is 2.68. The van der Waals surface area contributed by atoms with Crippen molar-refractivity contribution >= 4 is 34.0 Å². The number of hydrogen-bond acceptors (Lipinski definition) is 2. The molecule has 1 aliphatic heterocycles. The summed E-state index contributed by atoms with van der Waals surface area (Å²) in [6, 6.07) is 8.39. The van der Waals surface area contributed by atoms with E-state index in [1.165, 1.54) is 5.69 Å². The van der Waals surface area contributed by atoms with Crippen LogP contribution in [0.5, 0.6) is 0 Å². The summed E-state index contributed by atoms with van der Waals surface area (Å²) in [4.78, 5) is 2.34. The van der Waals surface area contributed by atoms with E-state index in [9.17, 15) is 0 Å². The maximum Gasteiger partial charge on any atom is 0.0642 e. The highest BCUT2D eigenvalue weighted by Crippen LogP contribution is 2.20. The SMILES string of the molecule is Brc1cccc(N2CCOCC2)c1.Cl. The molecule has 1 saturated heterocycles. The summed E-state index contributed by atoms with van der Waals surface area (Å²) in [5.41, 5.74) is 1.28. The monoisotopic (exact) mass is 277 g/mol. The van der Waals surface area contributed by atoms with E-state index < -0.39 is 0 Å². The van der Waals surface area contributed by atoms with Gasteiger partial charge in [0.15, 0.2) is 0 Å². The number of halogens is 2. The van der Waals surface area contributed by atoms with Gasteiger partial charge in [-0.1, -0.05) is 22.0 Å². The molecule has 4 heteroatoms. The van der Waals surface area contributed by atoms with E-state index in [1.54, 1.807) is 0 Å². The molecule has 0 spiro atoms. The van der Waals surface area contributed by atoms with Crippen LogP contribution in [0.15, 0.2) is 28.7 Å². The van der Waals surface area contributed by atoms with Crippen LogP contribution in [0.1, 0.15) is 0 Å². The number of nitrogens with zero attached hydrogens (tertiary/aromatic N) is 1. The topological polar surface area (TPSA) is 12.5 Å². The fraction of sp³-hybridized carbons (Fsp3) is 0.400. The van der Waals surface area contributed by atoms with Gasteiger partial charge in [-0.2, -0.15) is 0 Å². The van der Waals surface area contributed by atoms with Crippen LogP contribution in [-0.4, -0.2) is 26.3 Å². The van der Waals surface area contributed by atoms with Crippen LogP contribution in [0.4, 0.5) is 5.69 Å². The van der Waals surface area contributed by atoms with Crippen molar-refractivity contribution in [2.75, 3.05) is 31.2 Å². The van der Waals surface area contributed by atoms with Crippen LogP contribution in [0, 0.1) is 0 Å². The first kappa shape index (κ1) is 11.8. The van der Waals surface area contributed by atoms with Gasteiger partial charge in [-0.15, -0.1) is 12.4 Å². The standard InChI is InChI=1S/C10H12BrNO.ClH/c11-9-2-1-3-10(8-9)12-4-6-13-7-5-12;/h1-3,8H,4-7H2;1H. The minimum atomic E-state index is 0. The molecule has 0 N–H and O–H groups in total. The molecule has 0 aliphatic carbocycles. The molecule has 1 aliphatic rings. The summed E-state index contributed by atoms with van der Waals surface area (Å²) in [5.74, 6) is 0. The molecule has 78 valence electrons. The molecule has 2 rings (SSSR count). The van der Waals surface area contributed by atoms with Crippen LogP contribution in [0.3, 0.4) is 0 Å². The predicted molar refractivity (Wildman–Crippen MR) is 64.4 cm³/mol. The molecule has 1 fully saturated rings. The smallest absolute Gasteiger partial charge is 0.0642 e. The Kier molecular flexibility index (Phi) is 4.72. The lowest BCUT2D eigenvalue weighted by Gasteiger charge is -2.28. The highest BCUT2D eigenvalue weighted by Gasteiger charge is 2.10. The van der Waals surface area contributed by atoms with E-state index in [1.807, 2.05) is 6.07 Å². The third-order valence-electron chi connectivity index (χ3n) is 2.18. The fourth-order valence-corrected chi connectivity index (χ4v) is 1.88. The number of benzene rings is 1. The Bertz CT molecular complexity index is 289. The largest absolute Gasteiger partial charge is 0.378 e. The molecule has 1 heterocycles. The summed E-state index contributed by atoms with van der Waals surface area (Å²) in [6.45, 7) is 3.67. The van der Waals surface area contributed by atoms with Crippen LogP contribution in [0.2, 0.25) is 0 Å². The average molecular weight is 279 g/mol. The Balaban J connectivity index is 0.000000980. The second-order valence-electron chi connectivity index (χ2n) is 3.08. The minimum absolute atomic E-state index is 0. The highest BCUT2D eigenvalue weighted by atomic mass is 79.9. The van der Waals surface area contributed by atoms with Crippen molar-refractivity contribution in [1.29, 1.82) is 0 Å². The molecule has 0 amide bonds. The zero-order chi connectivity index (χ0) is 9.10. The van der Waals surface area contributed by atoms with Crippen LogP contribution in [-0.2, 0) is 4.74 Å². The summed E-state index contributed by atoms with van der Waals surface area (Å²) in [7, 11) is 0. The quantitative estimate of drug-likeness (QED) is 0.783. The molecule has 14 heavy (non-hydrogen) atoms. The Morgan fingerprint density at radius 1 is 1.21 bits per heavy atom. The van der Waals surface area contributed by atoms with Gasteiger partial charge in [0.25, 0.3) is 0 Å². The van der Waals surface area contributed by atoms with Gasteiger partial charge in [0.1, 0.15) is 0 Å². The lowest BCUT2D eigenvalue weighted by atomic mass is 10.3. The molecule has 0 aromatic heterocycles. The molecular weight excluding hydrogens is 265 g/mol. The third kappa shape index (κ3) is 2.87. The Morgan fingerprint density at radius 3 is 2.57 bits per heavy atom. The molecule has 2 nitrogen and oxygen atoms in total. The van der Waals surface area contributed by atoms with Crippen molar-refractivity contribution in [3.63, 3.8) is 0 Å². The summed E-state index contributed by atoms with van der Waals surface area (Å²) >= 11 is 3.47. The average Bonchev–Trinajstić information content (AvgIpc) is 2.19. The van der Waals surface area contributed by atoms with E-state index >= 15 is 0 Å². The maximum absolute atomic E-state index is 5.30. The van der Waals surface area contributed by atoms with Crippen molar-refractivity contribution < 1.29 is 4.74 Å². The van der Waals surface area contributed by atoms with E-state index in [-0.39, 0.29) is 12.4 Å². The highest BCUT2D eigenvalue weighted by molar-refractivity contribution is 9.10. The first-order valence-corrected chi connectivity index (χ1v) is 5.24. The number of ether oxygens (including phenoxy) is 1. The van der Waals surface area contributed by atoms with Gasteiger partial charge in [-0.05, 0) is 18.2 Å². The Morgan fingerprint density at radius 2 is 1.93 bits per heavy atom. The molecule has 0 bridgehead atoms. The number of hydrogen-bond donors (Lipinski definition) is 0. The van der Waals surface area contributed by atoms with Crippen LogP contribution >= 0.6 is 28.3 Å². The van der Waals surface area contributed by atoms with E-state index in [2.05, 4.69) is 39.0 Å². The molecule has 0 unspecified atom stereocenters. The lowest BCUT2D eigenvalue weighted by Crippen LogP contribution is -2.36. The summed E-state index contributed by atoms with van der Waals surface area (Å²) in [5, 5.41) is 0. The first-order valence-electron chi connectivity index (χ1n) is 4.44. The molecule has 1 aromatic carbocycles. The summed E-state index contributed by atoms with van der Waals surface area (Å²) in [6.07, 6.45) is 0. The zero-order valence-electron chi connectivity index (χ0n) is 7.78. The Labute approximate surface area is 98.8 Å². The van der Waals surface area contributed by atoms with E-state index in [0.717, 1.165) is 30.8 Å². The van der Waals surface area contributed by atoms with Crippen molar-refractivity contribution in [3.05, 3.63) is 28.7 Å². The predicted octanol–water partition coefficient (Wildman–Crippen LogP) is 2.71. The van der Waals surface area contributed by atoms with Gasteiger partial charge in [-0.3, -0.25) is 0 Å². The van der Waals surface area contributed by atoms with E-state index in [0.29, 0.717) is 0 Å². The number of anilines is 1. The van der Waals surface area contributed by atoms with Crippen LogP contribution < -0.4 is 4.90 Å². The van der Waals surface area contributed by atoms with Crippen molar-refractivity contribution in [2.45, 2.75) is 0 Å².